The molecule has 0 aromatic heterocycles. The van der Waals surface area contributed by atoms with E-state index in [1.807, 2.05) is 6.07 Å². The summed E-state index contributed by atoms with van der Waals surface area (Å²) in [6.07, 6.45) is 11.0. The number of hydrogen-bond donors (Lipinski definition) is 0. The zero-order valence-corrected chi connectivity index (χ0v) is 9.27. The van der Waals surface area contributed by atoms with Crippen LogP contribution in [-0.4, -0.2) is 0 Å². The van der Waals surface area contributed by atoms with E-state index in [0.29, 0.717) is 0 Å². The first-order valence-electron chi connectivity index (χ1n) is 5.32. The van der Waals surface area contributed by atoms with Crippen molar-refractivity contribution in [1.82, 2.24) is 0 Å². The lowest BCUT2D eigenvalue weighted by Crippen LogP contribution is -2.00. The molecule has 0 fully saturated rings. The van der Waals surface area contributed by atoms with Crippen LogP contribution >= 0.6 is 0 Å². The second kappa shape index (κ2) is 3.90. The smallest absolute Gasteiger partial charge is 0.00109 e. The molecular formula is C15H16. The average molecular weight is 196 g/mol. The van der Waals surface area contributed by atoms with Gasteiger partial charge in [-0.3, -0.25) is 0 Å². The van der Waals surface area contributed by atoms with Gasteiger partial charge in [-0.15, -0.1) is 0 Å². The van der Waals surface area contributed by atoms with Crippen molar-refractivity contribution in [2.75, 3.05) is 0 Å². The van der Waals surface area contributed by atoms with Crippen molar-refractivity contribution < 1.29 is 0 Å². The predicted octanol–water partition coefficient (Wildman–Crippen LogP) is 4.22. The van der Waals surface area contributed by atoms with Crippen LogP contribution in [0, 0.1) is 5.41 Å². The van der Waals surface area contributed by atoms with E-state index in [1.165, 1.54) is 11.1 Å². The molecule has 0 nitrogen and oxygen atoms in total. The van der Waals surface area contributed by atoms with Gasteiger partial charge in [-0.25, -0.2) is 0 Å². The molecule has 0 unspecified atom stereocenters. The lowest BCUT2D eigenvalue weighted by molar-refractivity contribution is 0.627. The van der Waals surface area contributed by atoms with Crippen molar-refractivity contribution >= 4 is 5.57 Å². The van der Waals surface area contributed by atoms with Crippen molar-refractivity contribution in [2.45, 2.75) is 13.8 Å². The molecule has 1 aliphatic carbocycles. The van der Waals surface area contributed by atoms with E-state index >= 15 is 0 Å². The van der Waals surface area contributed by atoms with E-state index in [2.05, 4.69) is 68.5 Å². The van der Waals surface area contributed by atoms with Crippen LogP contribution in [0.2, 0.25) is 0 Å². The molecule has 0 bridgehead atoms. The number of benzene rings is 1. The fourth-order valence-corrected chi connectivity index (χ4v) is 1.64. The summed E-state index contributed by atoms with van der Waals surface area (Å²) >= 11 is 0. The quantitative estimate of drug-likeness (QED) is 0.630. The summed E-state index contributed by atoms with van der Waals surface area (Å²) in [5, 5.41) is 0. The minimum atomic E-state index is 0.160. The van der Waals surface area contributed by atoms with Gasteiger partial charge in [0.25, 0.3) is 0 Å². The maximum Gasteiger partial charge on any atom is 0.00109 e. The minimum Gasteiger partial charge on any atom is -0.0751 e. The van der Waals surface area contributed by atoms with E-state index < -0.39 is 0 Å². The Bertz CT molecular complexity index is 417. The molecule has 0 amide bonds. The van der Waals surface area contributed by atoms with Crippen molar-refractivity contribution in [1.29, 1.82) is 0 Å². The highest BCUT2D eigenvalue weighted by Crippen LogP contribution is 2.26. The van der Waals surface area contributed by atoms with Gasteiger partial charge in [0, 0.05) is 5.41 Å². The van der Waals surface area contributed by atoms with Gasteiger partial charge < -0.3 is 0 Å². The highest BCUT2D eigenvalue weighted by Gasteiger charge is 2.10. The van der Waals surface area contributed by atoms with Gasteiger partial charge in [-0.2, -0.15) is 0 Å². The lowest BCUT2D eigenvalue weighted by Gasteiger charge is -2.12. The van der Waals surface area contributed by atoms with Gasteiger partial charge in [-0.05, 0) is 11.1 Å². The molecule has 0 atom stereocenters. The Morgan fingerprint density at radius 2 is 1.67 bits per heavy atom. The Hall–Kier alpha value is -1.56. The maximum atomic E-state index is 2.25. The van der Waals surface area contributed by atoms with E-state index in [4.69, 9.17) is 0 Å². The van der Waals surface area contributed by atoms with E-state index in [1.54, 1.807) is 0 Å². The minimum absolute atomic E-state index is 0.160. The summed E-state index contributed by atoms with van der Waals surface area (Å²) in [5.74, 6) is 0. The molecular weight excluding hydrogens is 180 g/mol. The second-order valence-corrected chi connectivity index (χ2v) is 4.50. The standard InChI is InChI=1S/C15H16/c1-15(2)11-6-9-14(10-12-15)13-7-4-3-5-8-13/h3-12H,1-2H3. The molecule has 0 aliphatic heterocycles. The summed E-state index contributed by atoms with van der Waals surface area (Å²) in [5.41, 5.74) is 2.71. The van der Waals surface area contributed by atoms with Crippen LogP contribution in [0.1, 0.15) is 19.4 Å². The summed E-state index contributed by atoms with van der Waals surface area (Å²) < 4.78 is 0. The van der Waals surface area contributed by atoms with E-state index in [9.17, 15) is 0 Å². The lowest BCUT2D eigenvalue weighted by atomic mass is 9.93. The van der Waals surface area contributed by atoms with Gasteiger partial charge >= 0.3 is 0 Å². The van der Waals surface area contributed by atoms with Crippen LogP contribution in [0.4, 0.5) is 0 Å². The Balaban J connectivity index is 2.34. The first-order chi connectivity index (χ1) is 7.17. The molecule has 76 valence electrons. The van der Waals surface area contributed by atoms with Gasteiger partial charge in [0.05, 0.1) is 0 Å². The fraction of sp³-hybridized carbons (Fsp3) is 0.200. The molecule has 15 heavy (non-hydrogen) atoms. The van der Waals surface area contributed by atoms with Crippen molar-refractivity contribution in [3.8, 4) is 0 Å². The van der Waals surface area contributed by atoms with Gasteiger partial charge in [0.15, 0.2) is 0 Å². The summed E-state index contributed by atoms with van der Waals surface area (Å²) in [6.45, 7) is 4.42. The number of allylic oxidation sites excluding steroid dienone is 6. The van der Waals surface area contributed by atoms with Crippen LogP contribution in [0.3, 0.4) is 0 Å². The van der Waals surface area contributed by atoms with Crippen LogP contribution in [-0.2, 0) is 0 Å². The second-order valence-electron chi connectivity index (χ2n) is 4.50. The Morgan fingerprint density at radius 1 is 0.933 bits per heavy atom. The molecule has 0 radical (unpaired) electrons. The van der Waals surface area contributed by atoms with E-state index in [-0.39, 0.29) is 5.41 Å². The molecule has 1 aromatic carbocycles. The first kappa shape index (κ1) is 9.97. The molecule has 0 heteroatoms. The first-order valence-corrected chi connectivity index (χ1v) is 5.32. The highest BCUT2D eigenvalue weighted by molar-refractivity contribution is 5.75. The predicted molar refractivity (Wildman–Crippen MR) is 66.5 cm³/mol. The monoisotopic (exact) mass is 196 g/mol. The molecule has 1 aromatic rings. The number of rotatable bonds is 1. The largest absolute Gasteiger partial charge is 0.0751 e. The van der Waals surface area contributed by atoms with Crippen LogP contribution < -0.4 is 0 Å². The third-order valence-corrected chi connectivity index (χ3v) is 2.60. The highest BCUT2D eigenvalue weighted by atomic mass is 14.1. The zero-order chi connectivity index (χ0) is 10.7. The van der Waals surface area contributed by atoms with E-state index in [0.717, 1.165) is 0 Å². The molecule has 0 saturated heterocycles. The van der Waals surface area contributed by atoms with Gasteiger partial charge in [0.2, 0.25) is 0 Å². The average Bonchev–Trinajstić information content (AvgIpc) is 2.41. The van der Waals surface area contributed by atoms with Crippen molar-refractivity contribution in [3.63, 3.8) is 0 Å². The van der Waals surface area contributed by atoms with Crippen LogP contribution in [0.5, 0.6) is 0 Å². The molecule has 1 aliphatic rings. The van der Waals surface area contributed by atoms with Crippen molar-refractivity contribution in [3.05, 3.63) is 66.3 Å². The van der Waals surface area contributed by atoms with Crippen LogP contribution in [0.15, 0.2) is 60.7 Å². The van der Waals surface area contributed by atoms with Crippen LogP contribution in [0.25, 0.3) is 5.57 Å². The maximum absolute atomic E-state index is 2.25. The summed E-state index contributed by atoms with van der Waals surface area (Å²) in [6, 6.07) is 10.5. The number of hydrogen-bond acceptors (Lipinski definition) is 0. The Kier molecular flexibility index (Phi) is 2.59. The Labute approximate surface area is 91.6 Å². The third-order valence-electron chi connectivity index (χ3n) is 2.60. The van der Waals surface area contributed by atoms with Gasteiger partial charge in [0.1, 0.15) is 0 Å². The SMILES string of the molecule is CC1(C)C=CC=C(c2ccccc2)C=C1. The molecule has 0 N–H and O–H groups in total. The van der Waals surface area contributed by atoms with Crippen molar-refractivity contribution in [2.24, 2.45) is 5.41 Å². The molecule has 0 saturated carbocycles. The molecule has 0 heterocycles. The fourth-order valence-electron chi connectivity index (χ4n) is 1.64. The third kappa shape index (κ3) is 2.47. The summed E-state index contributed by atoms with van der Waals surface area (Å²) in [7, 11) is 0. The Morgan fingerprint density at radius 3 is 2.40 bits per heavy atom. The van der Waals surface area contributed by atoms with Gasteiger partial charge in [-0.1, -0.05) is 74.6 Å². The topological polar surface area (TPSA) is 0 Å². The normalized spacial score (nSPS) is 18.4. The molecule has 0 spiro atoms. The summed E-state index contributed by atoms with van der Waals surface area (Å²) in [4.78, 5) is 0. The molecule has 2 rings (SSSR count). The zero-order valence-electron chi connectivity index (χ0n) is 9.27.